The number of aliphatic hydroxyl groups is 1. The molecule has 1 unspecified atom stereocenters. The zero-order chi connectivity index (χ0) is 33.5. The van der Waals surface area contributed by atoms with Gasteiger partial charge in [0.1, 0.15) is 5.78 Å². The van der Waals surface area contributed by atoms with Crippen molar-refractivity contribution in [3.05, 3.63) is 0 Å². The number of carboxylic acid groups (broad SMARTS) is 1. The van der Waals surface area contributed by atoms with Crippen molar-refractivity contribution in [1.82, 2.24) is 5.32 Å². The molecule has 5 rings (SSSR count). The molecule has 0 heterocycles. The highest BCUT2D eigenvalue weighted by molar-refractivity contribution is 5.87. The number of aliphatic carboxylic acids is 1. The van der Waals surface area contributed by atoms with Crippen molar-refractivity contribution in [2.75, 3.05) is 6.54 Å². The number of carbonyl (C=O) groups excluding carboxylic acids is 2. The molecule has 0 saturated heterocycles. The zero-order valence-corrected chi connectivity index (χ0v) is 30.2. The Labute approximate surface area is 280 Å². The maximum Gasteiger partial charge on any atom is 0.303 e. The average molecular weight is 642 g/mol. The summed E-state index contributed by atoms with van der Waals surface area (Å²) in [5, 5.41) is 23.2. The van der Waals surface area contributed by atoms with Crippen molar-refractivity contribution in [3.8, 4) is 0 Å². The number of ketones is 1. The van der Waals surface area contributed by atoms with Gasteiger partial charge in [-0.3, -0.25) is 14.4 Å². The Hall–Kier alpha value is -1.43. The summed E-state index contributed by atoms with van der Waals surface area (Å²) in [6.07, 6.45) is 18.9. The van der Waals surface area contributed by atoms with Crippen molar-refractivity contribution in [2.24, 2.45) is 56.7 Å². The van der Waals surface area contributed by atoms with Crippen molar-refractivity contribution in [1.29, 1.82) is 0 Å². The summed E-state index contributed by atoms with van der Waals surface area (Å²) in [6, 6.07) is 0. The molecule has 6 heteroatoms. The largest absolute Gasteiger partial charge is 0.481 e. The molecule has 3 N–H and O–H groups in total. The number of Topliss-reactive ketones (excluding diaryl/α,β-unsaturated/α-hetero) is 1. The number of carbonyl (C=O) groups is 3. The number of hydrogen-bond acceptors (Lipinski definition) is 4. The molecule has 0 bridgehead atoms. The lowest BCUT2D eigenvalue weighted by atomic mass is 9.32. The van der Waals surface area contributed by atoms with Crippen LogP contribution in [0.15, 0.2) is 0 Å². The highest BCUT2D eigenvalue weighted by Gasteiger charge is 2.72. The van der Waals surface area contributed by atoms with E-state index in [0.717, 1.165) is 96.4 Å². The fraction of sp³-hybridized carbons (Fsp3) is 0.925. The topological polar surface area (TPSA) is 104 Å². The van der Waals surface area contributed by atoms with E-state index in [0.29, 0.717) is 17.8 Å². The molecule has 1 amide bonds. The Balaban J connectivity index is 1.24. The van der Waals surface area contributed by atoms with E-state index in [4.69, 9.17) is 5.11 Å². The third kappa shape index (κ3) is 5.91. The van der Waals surface area contributed by atoms with E-state index < -0.39 is 11.4 Å². The molecule has 5 saturated carbocycles. The van der Waals surface area contributed by atoms with Crippen LogP contribution in [0.3, 0.4) is 0 Å². The summed E-state index contributed by atoms with van der Waals surface area (Å²) in [5.41, 5.74) is 0.0658. The minimum absolute atomic E-state index is 0.00158. The fourth-order valence-corrected chi connectivity index (χ4v) is 13.3. The Morgan fingerprint density at radius 1 is 0.696 bits per heavy atom. The van der Waals surface area contributed by atoms with Crippen LogP contribution in [0.4, 0.5) is 0 Å². The Bertz CT molecular complexity index is 1130. The monoisotopic (exact) mass is 642 g/mol. The van der Waals surface area contributed by atoms with Crippen LogP contribution in [-0.2, 0) is 14.4 Å². The molecule has 46 heavy (non-hydrogen) atoms. The van der Waals surface area contributed by atoms with Gasteiger partial charge < -0.3 is 15.5 Å². The summed E-state index contributed by atoms with van der Waals surface area (Å²) < 4.78 is 0. The van der Waals surface area contributed by atoms with Crippen LogP contribution >= 0.6 is 0 Å². The third-order valence-electron chi connectivity index (χ3n) is 16.0. The number of carboxylic acids is 1. The van der Waals surface area contributed by atoms with Gasteiger partial charge in [-0.2, -0.15) is 0 Å². The van der Waals surface area contributed by atoms with Crippen LogP contribution in [0.25, 0.3) is 0 Å². The van der Waals surface area contributed by atoms with Gasteiger partial charge in [0.15, 0.2) is 0 Å². The summed E-state index contributed by atoms with van der Waals surface area (Å²) in [7, 11) is 0. The molecule has 0 aromatic carbocycles. The molecular formula is C40H67NO5. The molecule has 0 aromatic rings. The fourth-order valence-electron chi connectivity index (χ4n) is 13.3. The second kappa shape index (κ2) is 13.5. The summed E-state index contributed by atoms with van der Waals surface area (Å²) in [5.74, 6) is 1.53. The van der Waals surface area contributed by atoms with Gasteiger partial charge in [0, 0.05) is 18.9 Å². The Morgan fingerprint density at radius 3 is 2.00 bits per heavy atom. The van der Waals surface area contributed by atoms with Crippen molar-refractivity contribution >= 4 is 17.7 Å². The van der Waals surface area contributed by atoms with Crippen LogP contribution in [0.1, 0.15) is 164 Å². The normalized spacial score (nSPS) is 42.7. The van der Waals surface area contributed by atoms with E-state index in [1.807, 2.05) is 0 Å². The van der Waals surface area contributed by atoms with E-state index in [-0.39, 0.29) is 57.7 Å². The average Bonchev–Trinajstić information content (AvgIpc) is 3.39. The lowest BCUT2D eigenvalue weighted by molar-refractivity contribution is -0.246. The summed E-state index contributed by atoms with van der Waals surface area (Å²) in [6.45, 7) is 14.9. The lowest BCUT2D eigenvalue weighted by Gasteiger charge is -2.72. The van der Waals surface area contributed by atoms with Crippen molar-refractivity contribution < 1.29 is 24.6 Å². The van der Waals surface area contributed by atoms with Crippen molar-refractivity contribution in [2.45, 2.75) is 170 Å². The highest BCUT2D eigenvalue weighted by Crippen LogP contribution is 2.77. The maximum absolute atomic E-state index is 14.2. The first-order chi connectivity index (χ1) is 21.6. The first-order valence-corrected chi connectivity index (χ1v) is 19.3. The predicted molar refractivity (Wildman–Crippen MR) is 183 cm³/mol. The van der Waals surface area contributed by atoms with Crippen LogP contribution in [0.2, 0.25) is 0 Å². The first-order valence-electron chi connectivity index (χ1n) is 19.3. The number of fused-ring (bicyclic) bond motifs is 7. The van der Waals surface area contributed by atoms with E-state index in [9.17, 15) is 19.5 Å². The van der Waals surface area contributed by atoms with Gasteiger partial charge in [-0.1, -0.05) is 73.1 Å². The van der Waals surface area contributed by atoms with Gasteiger partial charge in [-0.05, 0) is 129 Å². The molecule has 0 aliphatic heterocycles. The number of unbranched alkanes of at least 4 members (excludes halogenated alkanes) is 7. The Kier molecular flexibility index (Phi) is 10.5. The molecule has 5 aliphatic carbocycles. The molecule has 262 valence electrons. The van der Waals surface area contributed by atoms with Crippen LogP contribution in [0.5, 0.6) is 0 Å². The summed E-state index contributed by atoms with van der Waals surface area (Å²) in [4.78, 5) is 38.1. The second-order valence-corrected chi connectivity index (χ2v) is 18.2. The molecule has 0 radical (unpaired) electrons. The predicted octanol–water partition coefficient (Wildman–Crippen LogP) is 8.73. The number of rotatable bonds is 13. The first kappa shape index (κ1) is 35.9. The Morgan fingerprint density at radius 2 is 1.35 bits per heavy atom. The molecule has 0 aromatic heterocycles. The number of aliphatic hydroxyl groups excluding tert-OH is 1. The minimum Gasteiger partial charge on any atom is -0.481 e. The smallest absolute Gasteiger partial charge is 0.303 e. The maximum atomic E-state index is 14.2. The highest BCUT2D eigenvalue weighted by atomic mass is 16.4. The van der Waals surface area contributed by atoms with Gasteiger partial charge >= 0.3 is 5.97 Å². The quantitative estimate of drug-likeness (QED) is 0.175. The number of nitrogens with one attached hydrogen (secondary N) is 1. The lowest BCUT2D eigenvalue weighted by Crippen LogP contribution is -2.67. The van der Waals surface area contributed by atoms with Gasteiger partial charge in [-0.25, -0.2) is 0 Å². The molecule has 5 aliphatic rings. The molecule has 5 fully saturated rings. The van der Waals surface area contributed by atoms with E-state index in [1.54, 1.807) is 6.92 Å². The molecule has 6 nitrogen and oxygen atoms in total. The zero-order valence-electron chi connectivity index (χ0n) is 30.2. The van der Waals surface area contributed by atoms with Gasteiger partial charge in [0.05, 0.1) is 11.5 Å². The van der Waals surface area contributed by atoms with E-state index in [1.165, 1.54) is 25.7 Å². The van der Waals surface area contributed by atoms with Crippen LogP contribution in [0, 0.1) is 56.7 Å². The standard InChI is InChI=1S/C40H67NO5/c1-27(42)28-18-23-40(35(46)41-26-14-12-10-8-7-9-11-13-15-33(44)45)25-24-38(5)29(34(28)40)16-17-31-37(4)21-20-32(43)36(2,3)30(37)19-22-39(31,38)6/h28-32,34,43H,7-26H2,1-6H3,(H,41,46)(H,44,45)/t28-,29?,30-,31+,32-,34+,37-,38+,39+,40-/m0/s1. The van der Waals surface area contributed by atoms with Crippen molar-refractivity contribution in [3.63, 3.8) is 0 Å². The molecule has 0 spiro atoms. The van der Waals surface area contributed by atoms with Crippen LogP contribution in [-0.4, -0.2) is 40.5 Å². The minimum atomic E-state index is -0.700. The summed E-state index contributed by atoms with van der Waals surface area (Å²) >= 11 is 0. The van der Waals surface area contributed by atoms with Crippen LogP contribution < -0.4 is 5.32 Å². The molecule has 10 atom stereocenters. The third-order valence-corrected chi connectivity index (χ3v) is 16.0. The number of amides is 1. The van der Waals surface area contributed by atoms with E-state index in [2.05, 4.69) is 39.9 Å². The van der Waals surface area contributed by atoms with E-state index >= 15 is 0 Å². The molecular weight excluding hydrogens is 574 g/mol. The second-order valence-electron chi connectivity index (χ2n) is 18.2. The number of hydrogen-bond donors (Lipinski definition) is 3. The SMILES string of the molecule is CC(=O)[C@@H]1CC[C@]2(C(=O)NCCCCCCCCCCC(=O)O)CC[C@]3(C)C(CC[C@@H]4[C@@]5(C)CC[C@H](O)C(C)(C)[C@@H]5CC[C@]43C)[C@@H]12. The van der Waals surface area contributed by atoms with Gasteiger partial charge in [0.25, 0.3) is 0 Å². The van der Waals surface area contributed by atoms with Gasteiger partial charge in [-0.15, -0.1) is 0 Å². The van der Waals surface area contributed by atoms with Gasteiger partial charge in [0.2, 0.25) is 5.91 Å².